The molecule has 2 nitrogen and oxygen atoms in total. The van der Waals surface area contributed by atoms with E-state index in [4.69, 9.17) is 4.74 Å². The summed E-state index contributed by atoms with van der Waals surface area (Å²) >= 11 is 0. The molecule has 0 amide bonds. The van der Waals surface area contributed by atoms with Gasteiger partial charge in [0.2, 0.25) is 0 Å². The zero-order chi connectivity index (χ0) is 11.4. The molecule has 0 spiro atoms. The van der Waals surface area contributed by atoms with Crippen molar-refractivity contribution in [3.8, 4) is 0 Å². The van der Waals surface area contributed by atoms with Crippen molar-refractivity contribution in [1.29, 1.82) is 0 Å². The van der Waals surface area contributed by atoms with Crippen molar-refractivity contribution in [3.05, 3.63) is 0 Å². The van der Waals surface area contributed by atoms with E-state index in [2.05, 4.69) is 19.2 Å². The minimum Gasteiger partial charge on any atom is -0.378 e. The van der Waals surface area contributed by atoms with E-state index in [1.54, 1.807) is 0 Å². The monoisotopic (exact) mass is 225 g/mol. The predicted octanol–water partition coefficient (Wildman–Crippen LogP) is 2.97. The highest BCUT2D eigenvalue weighted by Gasteiger charge is 2.30. The maximum Gasteiger partial charge on any atom is 0.0639 e. The number of nitrogens with one attached hydrogen (secondary N) is 1. The van der Waals surface area contributed by atoms with Crippen molar-refractivity contribution in [2.75, 3.05) is 13.2 Å². The molecule has 1 heterocycles. The Kier molecular flexibility index (Phi) is 4.66. The Bertz CT molecular complexity index is 199. The number of hydrogen-bond acceptors (Lipinski definition) is 2. The van der Waals surface area contributed by atoms with Crippen LogP contribution in [0.4, 0.5) is 0 Å². The molecule has 2 aliphatic rings. The van der Waals surface area contributed by atoms with Crippen molar-refractivity contribution in [1.82, 2.24) is 5.32 Å². The van der Waals surface area contributed by atoms with E-state index in [9.17, 15) is 0 Å². The summed E-state index contributed by atoms with van der Waals surface area (Å²) in [6.07, 6.45) is 8.82. The molecular weight excluding hydrogens is 198 g/mol. The Morgan fingerprint density at radius 3 is 2.56 bits per heavy atom. The van der Waals surface area contributed by atoms with Crippen LogP contribution in [0.3, 0.4) is 0 Å². The van der Waals surface area contributed by atoms with Crippen LogP contribution in [0, 0.1) is 11.8 Å². The second kappa shape index (κ2) is 6.02. The fourth-order valence-electron chi connectivity index (χ4n) is 3.24. The van der Waals surface area contributed by atoms with E-state index < -0.39 is 0 Å². The summed E-state index contributed by atoms with van der Waals surface area (Å²) in [5.74, 6) is 1.42. The average molecular weight is 225 g/mol. The lowest BCUT2D eigenvalue weighted by Gasteiger charge is -2.27. The largest absolute Gasteiger partial charge is 0.378 e. The summed E-state index contributed by atoms with van der Waals surface area (Å²) in [7, 11) is 0. The maximum atomic E-state index is 5.83. The second-order valence-corrected chi connectivity index (χ2v) is 5.87. The zero-order valence-electron chi connectivity index (χ0n) is 10.9. The van der Waals surface area contributed by atoms with Crippen LogP contribution >= 0.6 is 0 Å². The average Bonchev–Trinajstić information content (AvgIpc) is 2.76. The molecule has 2 atom stereocenters. The molecule has 1 aliphatic heterocycles. The molecule has 94 valence electrons. The molecule has 0 aromatic heterocycles. The Morgan fingerprint density at radius 2 is 1.88 bits per heavy atom. The highest BCUT2D eigenvalue weighted by atomic mass is 16.5. The molecule has 2 unspecified atom stereocenters. The molecule has 1 aliphatic carbocycles. The van der Waals surface area contributed by atoms with Crippen molar-refractivity contribution in [3.63, 3.8) is 0 Å². The topological polar surface area (TPSA) is 21.3 Å². The van der Waals surface area contributed by atoms with Gasteiger partial charge < -0.3 is 10.1 Å². The van der Waals surface area contributed by atoms with Crippen molar-refractivity contribution in [2.24, 2.45) is 11.8 Å². The fraction of sp³-hybridized carbons (Fsp3) is 1.00. The van der Waals surface area contributed by atoms with Crippen LogP contribution in [0.5, 0.6) is 0 Å². The first-order chi connectivity index (χ1) is 7.77. The van der Waals surface area contributed by atoms with Gasteiger partial charge in [0, 0.05) is 19.2 Å². The van der Waals surface area contributed by atoms with Crippen LogP contribution < -0.4 is 5.32 Å². The summed E-state index contributed by atoms with van der Waals surface area (Å²) in [6.45, 7) is 6.71. The van der Waals surface area contributed by atoms with Crippen LogP contribution in [0.1, 0.15) is 52.4 Å². The molecule has 1 N–H and O–H groups in total. The normalized spacial score (nSPS) is 32.4. The second-order valence-electron chi connectivity index (χ2n) is 5.87. The third-order valence-electron chi connectivity index (χ3n) is 4.19. The molecule has 1 saturated heterocycles. The number of hydrogen-bond donors (Lipinski definition) is 1. The maximum absolute atomic E-state index is 5.83. The quantitative estimate of drug-likeness (QED) is 0.794. The third kappa shape index (κ3) is 3.21. The van der Waals surface area contributed by atoms with Gasteiger partial charge in [-0.05, 0) is 31.1 Å². The predicted molar refractivity (Wildman–Crippen MR) is 67.6 cm³/mol. The summed E-state index contributed by atoms with van der Waals surface area (Å²) in [6, 6.07) is 0.794. The van der Waals surface area contributed by atoms with Gasteiger partial charge in [-0.15, -0.1) is 0 Å². The first-order valence-electron chi connectivity index (χ1n) is 7.12. The highest BCUT2D eigenvalue weighted by molar-refractivity contribution is 4.82. The van der Waals surface area contributed by atoms with Gasteiger partial charge in [-0.3, -0.25) is 0 Å². The Labute approximate surface area is 100 Å². The van der Waals surface area contributed by atoms with Crippen LogP contribution in [-0.2, 0) is 4.74 Å². The molecule has 2 fully saturated rings. The van der Waals surface area contributed by atoms with E-state index in [1.165, 1.54) is 45.1 Å². The summed E-state index contributed by atoms with van der Waals surface area (Å²) in [4.78, 5) is 0. The summed E-state index contributed by atoms with van der Waals surface area (Å²) in [5, 5.41) is 3.77. The van der Waals surface area contributed by atoms with E-state index in [-0.39, 0.29) is 0 Å². The van der Waals surface area contributed by atoms with Crippen LogP contribution in [0.15, 0.2) is 0 Å². The first-order valence-corrected chi connectivity index (χ1v) is 7.12. The first kappa shape index (κ1) is 12.4. The van der Waals surface area contributed by atoms with Crippen molar-refractivity contribution in [2.45, 2.75) is 64.5 Å². The van der Waals surface area contributed by atoms with Crippen LogP contribution in [0.2, 0.25) is 0 Å². The van der Waals surface area contributed by atoms with Gasteiger partial charge in [-0.1, -0.05) is 33.1 Å². The van der Waals surface area contributed by atoms with Crippen molar-refractivity contribution >= 4 is 0 Å². The standard InChI is InChI=1S/C14H27NO/c1-11(2)14-12(8-9-16-14)10-15-13-6-4-3-5-7-13/h11-15H,3-10H2,1-2H3. The smallest absolute Gasteiger partial charge is 0.0639 e. The Hall–Kier alpha value is -0.0800. The van der Waals surface area contributed by atoms with Gasteiger partial charge in [-0.2, -0.15) is 0 Å². The van der Waals surface area contributed by atoms with E-state index >= 15 is 0 Å². The molecule has 0 aromatic carbocycles. The zero-order valence-corrected chi connectivity index (χ0v) is 10.9. The van der Waals surface area contributed by atoms with E-state index in [0.29, 0.717) is 12.0 Å². The molecule has 0 aromatic rings. The third-order valence-corrected chi connectivity index (χ3v) is 4.19. The van der Waals surface area contributed by atoms with Gasteiger partial charge in [0.25, 0.3) is 0 Å². The molecule has 16 heavy (non-hydrogen) atoms. The minimum absolute atomic E-state index is 0.496. The Balaban J connectivity index is 1.71. The SMILES string of the molecule is CC(C)C1OCCC1CNC1CCCCC1. The van der Waals surface area contributed by atoms with Crippen LogP contribution in [0.25, 0.3) is 0 Å². The minimum atomic E-state index is 0.496. The number of ether oxygens (including phenoxy) is 1. The summed E-state index contributed by atoms with van der Waals surface area (Å²) < 4.78 is 5.83. The van der Waals surface area contributed by atoms with Gasteiger partial charge in [0.15, 0.2) is 0 Å². The molecular formula is C14H27NO. The fourth-order valence-corrected chi connectivity index (χ4v) is 3.24. The lowest BCUT2D eigenvalue weighted by molar-refractivity contribution is 0.0531. The van der Waals surface area contributed by atoms with E-state index in [1.807, 2.05) is 0 Å². The van der Waals surface area contributed by atoms with Crippen LogP contribution in [-0.4, -0.2) is 25.3 Å². The van der Waals surface area contributed by atoms with Gasteiger partial charge >= 0.3 is 0 Å². The lowest BCUT2D eigenvalue weighted by Crippen LogP contribution is -2.38. The molecule has 2 heteroatoms. The van der Waals surface area contributed by atoms with Crippen molar-refractivity contribution < 1.29 is 4.74 Å². The molecule has 1 saturated carbocycles. The molecule has 0 bridgehead atoms. The van der Waals surface area contributed by atoms with Gasteiger partial charge in [0.05, 0.1) is 6.10 Å². The lowest BCUT2D eigenvalue weighted by atomic mass is 9.91. The summed E-state index contributed by atoms with van der Waals surface area (Å²) in [5.41, 5.74) is 0. The highest BCUT2D eigenvalue weighted by Crippen LogP contribution is 2.27. The van der Waals surface area contributed by atoms with E-state index in [0.717, 1.165) is 18.6 Å². The number of rotatable bonds is 4. The molecule has 2 rings (SSSR count). The van der Waals surface area contributed by atoms with Gasteiger partial charge in [0.1, 0.15) is 0 Å². The van der Waals surface area contributed by atoms with Gasteiger partial charge in [-0.25, -0.2) is 0 Å². The Morgan fingerprint density at radius 1 is 1.12 bits per heavy atom. The molecule has 0 radical (unpaired) electrons.